The molecule has 2 heterocycles. The molecule has 1 saturated carbocycles. The van der Waals surface area contributed by atoms with E-state index in [2.05, 4.69) is 38.6 Å². The van der Waals surface area contributed by atoms with Gasteiger partial charge >= 0.3 is 6.18 Å². The summed E-state index contributed by atoms with van der Waals surface area (Å²) in [5.41, 5.74) is 0.215. The molecule has 7 nitrogen and oxygen atoms in total. The van der Waals surface area contributed by atoms with Crippen molar-refractivity contribution >= 4 is 23.4 Å². The molecule has 0 N–H and O–H groups in total. The van der Waals surface area contributed by atoms with Gasteiger partial charge in [0.25, 0.3) is 11.8 Å². The third-order valence-electron chi connectivity index (χ3n) is 7.70. The van der Waals surface area contributed by atoms with Crippen molar-refractivity contribution in [2.45, 2.75) is 50.9 Å². The van der Waals surface area contributed by atoms with E-state index in [1.54, 1.807) is 30.3 Å². The van der Waals surface area contributed by atoms with Crippen LogP contribution in [0.25, 0.3) is 0 Å². The zero-order valence-electron chi connectivity index (χ0n) is 27.4. The van der Waals surface area contributed by atoms with Gasteiger partial charge in [-0.15, -0.1) is 0 Å². The molecule has 252 valence electrons. The Labute approximate surface area is 287 Å². The fraction of sp³-hybridized carbons (Fsp3) is 0.270. The predicted octanol–water partition coefficient (Wildman–Crippen LogP) is 7.19. The van der Waals surface area contributed by atoms with Gasteiger partial charge in [0, 0.05) is 54.9 Å². The van der Waals surface area contributed by atoms with Crippen LogP contribution in [0.1, 0.15) is 77.0 Å². The van der Waals surface area contributed by atoms with Gasteiger partial charge in [-0.25, -0.2) is 19.3 Å². The molecule has 0 saturated heterocycles. The Bertz CT molecular complexity index is 1950. The lowest BCUT2D eigenvalue weighted by atomic mass is 10.1. The summed E-state index contributed by atoms with van der Waals surface area (Å²) in [5, 5.41) is 0.311. The van der Waals surface area contributed by atoms with E-state index >= 15 is 0 Å². The van der Waals surface area contributed by atoms with Gasteiger partial charge in [0.05, 0.1) is 10.6 Å². The first kappa shape index (κ1) is 36.6. The number of benzene rings is 2. The number of aromatic nitrogens is 3. The van der Waals surface area contributed by atoms with Crippen LogP contribution in [0.3, 0.4) is 0 Å². The van der Waals surface area contributed by atoms with Crippen molar-refractivity contribution in [3.63, 3.8) is 0 Å². The average molecular weight is 690 g/mol. The van der Waals surface area contributed by atoms with Gasteiger partial charge in [-0.3, -0.25) is 9.59 Å². The summed E-state index contributed by atoms with van der Waals surface area (Å²) in [7, 11) is 2.84. The topological polar surface area (TPSA) is 79.3 Å². The number of rotatable bonds is 3. The van der Waals surface area contributed by atoms with E-state index in [0.717, 1.165) is 12.6 Å². The Kier molecular flexibility index (Phi) is 11.1. The van der Waals surface area contributed by atoms with Crippen molar-refractivity contribution in [1.29, 1.82) is 0 Å². The summed E-state index contributed by atoms with van der Waals surface area (Å²) in [4.78, 5) is 38.8. The average Bonchev–Trinajstić information content (AvgIpc) is 3.89. The van der Waals surface area contributed by atoms with Crippen molar-refractivity contribution in [3.8, 4) is 23.7 Å². The highest BCUT2D eigenvalue weighted by atomic mass is 35.5. The zero-order chi connectivity index (χ0) is 36.0. The van der Waals surface area contributed by atoms with Crippen LogP contribution in [0.2, 0.25) is 5.02 Å². The number of amides is 2. The number of hydrogen-bond acceptors (Lipinski definition) is 5. The fourth-order valence-corrected chi connectivity index (χ4v) is 4.53. The van der Waals surface area contributed by atoms with Gasteiger partial charge < -0.3 is 9.80 Å². The number of pyridine rings is 1. The Morgan fingerprint density at radius 1 is 0.755 bits per heavy atom. The largest absolute Gasteiger partial charge is 0.411 e. The smallest absolute Gasteiger partial charge is 0.335 e. The molecule has 2 amide bonds. The van der Waals surface area contributed by atoms with Crippen LogP contribution in [0.5, 0.6) is 0 Å². The highest BCUT2D eigenvalue weighted by Gasteiger charge is 2.67. The normalized spacial score (nSPS) is 12.9. The molecule has 12 heteroatoms. The van der Waals surface area contributed by atoms with Gasteiger partial charge in [-0.1, -0.05) is 59.5 Å². The summed E-state index contributed by atoms with van der Waals surface area (Å²) in [5.74, 6) is 9.61. The van der Waals surface area contributed by atoms with Crippen molar-refractivity contribution in [1.82, 2.24) is 24.8 Å². The molecule has 0 radical (unpaired) electrons. The van der Waals surface area contributed by atoms with Crippen molar-refractivity contribution in [3.05, 3.63) is 124 Å². The molecule has 2 aromatic carbocycles. The number of alkyl halides is 3. The van der Waals surface area contributed by atoms with E-state index in [1.807, 2.05) is 51.1 Å². The van der Waals surface area contributed by atoms with Crippen LogP contribution in [0.15, 0.2) is 79.3 Å². The van der Waals surface area contributed by atoms with E-state index in [4.69, 9.17) is 11.6 Å². The van der Waals surface area contributed by atoms with E-state index in [0.29, 0.717) is 26.6 Å². The molecule has 2 aromatic heterocycles. The number of halogens is 5. The molecule has 1 fully saturated rings. The second-order valence-electron chi connectivity index (χ2n) is 12.2. The van der Waals surface area contributed by atoms with Crippen LogP contribution in [0.4, 0.5) is 17.6 Å². The number of hydrogen-bond donors (Lipinski definition) is 0. The number of carbonyl (C=O) groups is 2. The van der Waals surface area contributed by atoms with Gasteiger partial charge in [-0.2, -0.15) is 13.2 Å². The lowest BCUT2D eigenvalue weighted by molar-refractivity contribution is -0.185. The Balaban J connectivity index is 0.000000223. The van der Waals surface area contributed by atoms with Gasteiger partial charge in [0.2, 0.25) is 5.82 Å². The van der Waals surface area contributed by atoms with Crippen LogP contribution in [-0.4, -0.2) is 67.9 Å². The minimum Gasteiger partial charge on any atom is -0.335 e. The standard InChI is InChI=1S/C19H19ClN2O.C18H13F4N3O/c1-19(2,3)22(4)18(23)17-16(20)12-15(13-21-17)11-10-14-8-6-5-7-9-14;1-25(17(7-8-17)18(20,21)22)16(26)15-23-10-13(11-24-15)6-5-12-3-2-4-14(19)9-12/h5-9,12-13H,1-4H3;2-4,9-11H,7-8H2,1H3. The maximum atomic E-state index is 13.1. The molecule has 0 unspecified atom stereocenters. The molecule has 1 aliphatic carbocycles. The molecule has 49 heavy (non-hydrogen) atoms. The van der Waals surface area contributed by atoms with Crippen LogP contribution < -0.4 is 0 Å². The molecule has 0 aliphatic heterocycles. The summed E-state index contributed by atoms with van der Waals surface area (Å²) in [6.07, 6.45) is -0.688. The molecular formula is C37H32ClF4N5O2. The summed E-state index contributed by atoms with van der Waals surface area (Å²) >= 11 is 6.22. The highest BCUT2D eigenvalue weighted by Crippen LogP contribution is 2.53. The van der Waals surface area contributed by atoms with E-state index in [1.165, 1.54) is 30.6 Å². The Morgan fingerprint density at radius 3 is 1.86 bits per heavy atom. The summed E-state index contributed by atoms with van der Waals surface area (Å²) < 4.78 is 52.4. The molecule has 1 aliphatic rings. The Morgan fingerprint density at radius 2 is 1.31 bits per heavy atom. The second kappa shape index (κ2) is 14.9. The fourth-order valence-electron chi connectivity index (χ4n) is 4.28. The third kappa shape index (κ3) is 9.21. The quantitative estimate of drug-likeness (QED) is 0.168. The van der Waals surface area contributed by atoms with Gasteiger partial charge in [0.15, 0.2) is 0 Å². The molecule has 0 spiro atoms. The second-order valence-corrected chi connectivity index (χ2v) is 12.6. The summed E-state index contributed by atoms with van der Waals surface area (Å²) in [6.45, 7) is 5.87. The first-order valence-corrected chi connectivity index (χ1v) is 15.3. The lowest BCUT2D eigenvalue weighted by Crippen LogP contribution is -2.49. The molecule has 0 atom stereocenters. The molecule has 0 bridgehead atoms. The van der Waals surface area contributed by atoms with Crippen LogP contribution >= 0.6 is 11.6 Å². The van der Waals surface area contributed by atoms with E-state index in [-0.39, 0.29) is 35.8 Å². The SMILES string of the molecule is CN(C(=O)c1ncc(C#Cc2cccc(F)c2)cn1)C1(C(F)(F)F)CC1.CN(C(=O)c1ncc(C#Cc2ccccc2)cc1Cl)C(C)(C)C. The number of carbonyl (C=O) groups excluding carboxylic acids is 2. The lowest BCUT2D eigenvalue weighted by Gasteiger charge is -2.31. The zero-order valence-corrected chi connectivity index (χ0v) is 28.1. The van der Waals surface area contributed by atoms with Crippen molar-refractivity contribution in [2.24, 2.45) is 0 Å². The van der Waals surface area contributed by atoms with Crippen LogP contribution in [0, 0.1) is 29.5 Å². The first-order chi connectivity index (χ1) is 23.0. The third-order valence-corrected chi connectivity index (χ3v) is 7.98. The maximum Gasteiger partial charge on any atom is 0.411 e. The highest BCUT2D eigenvalue weighted by molar-refractivity contribution is 6.33. The van der Waals surface area contributed by atoms with Gasteiger partial charge in [-0.05, 0) is 70.0 Å². The number of nitrogens with zero attached hydrogens (tertiary/aromatic N) is 5. The van der Waals surface area contributed by atoms with Crippen molar-refractivity contribution < 1.29 is 27.2 Å². The minimum atomic E-state index is -4.49. The van der Waals surface area contributed by atoms with E-state index in [9.17, 15) is 27.2 Å². The molecule has 5 rings (SSSR count). The van der Waals surface area contributed by atoms with Crippen molar-refractivity contribution in [2.75, 3.05) is 14.1 Å². The first-order valence-electron chi connectivity index (χ1n) is 15.0. The Hall–Kier alpha value is -5.26. The van der Waals surface area contributed by atoms with E-state index < -0.39 is 23.4 Å². The predicted molar refractivity (Wildman–Crippen MR) is 178 cm³/mol. The van der Waals surface area contributed by atoms with Crippen LogP contribution in [-0.2, 0) is 0 Å². The molecular weight excluding hydrogens is 658 g/mol. The summed E-state index contributed by atoms with van der Waals surface area (Å²) in [6, 6.07) is 17.0. The minimum absolute atomic E-state index is 0.129. The maximum absolute atomic E-state index is 13.1. The van der Waals surface area contributed by atoms with Gasteiger partial charge in [0.1, 0.15) is 17.1 Å². The molecule has 4 aromatic rings. The monoisotopic (exact) mass is 689 g/mol.